The SMILES string of the molecule is CC(C)(C)OC(=O)NCCC[C@@H](C(=O)NCC(=O)c1cccc([N+](=O)[O-])c1)N1C(=O)c2ccccc2C1=O. The molecule has 1 atom stereocenters. The van der Waals surface area contributed by atoms with Crippen molar-refractivity contribution in [2.75, 3.05) is 13.1 Å². The predicted octanol–water partition coefficient (Wildman–Crippen LogP) is 2.86. The number of Topliss-reactive ketones (excluding diaryl/α,β-unsaturated/α-hetero) is 1. The number of ether oxygens (including phenoxy) is 1. The number of non-ortho nitro benzene ring substituents is 1. The number of imide groups is 1. The lowest BCUT2D eigenvalue weighted by molar-refractivity contribution is -0.384. The molecule has 3 rings (SSSR count). The minimum absolute atomic E-state index is 0.00189. The van der Waals surface area contributed by atoms with Gasteiger partial charge in [-0.25, -0.2) is 4.79 Å². The van der Waals surface area contributed by atoms with Crippen LogP contribution in [0.1, 0.15) is 64.7 Å². The molecule has 2 aromatic carbocycles. The van der Waals surface area contributed by atoms with Crippen molar-refractivity contribution in [1.82, 2.24) is 15.5 Å². The average Bonchev–Trinajstić information content (AvgIpc) is 3.11. The number of alkyl carbamates (subject to hydrolysis) is 1. The van der Waals surface area contributed by atoms with Gasteiger partial charge in [-0.1, -0.05) is 24.3 Å². The molecule has 2 aromatic rings. The predicted molar refractivity (Wildman–Crippen MR) is 135 cm³/mol. The van der Waals surface area contributed by atoms with Gasteiger partial charge >= 0.3 is 6.09 Å². The number of benzene rings is 2. The van der Waals surface area contributed by atoms with Gasteiger partial charge in [0, 0.05) is 24.2 Å². The number of nitro benzene ring substituents is 1. The highest BCUT2D eigenvalue weighted by Crippen LogP contribution is 2.26. The van der Waals surface area contributed by atoms with E-state index in [0.717, 1.165) is 11.0 Å². The van der Waals surface area contributed by atoms with Gasteiger partial charge in [0.15, 0.2) is 5.78 Å². The number of carbonyl (C=O) groups excluding carboxylic acids is 5. The Hall–Kier alpha value is -4.61. The lowest BCUT2D eigenvalue weighted by Crippen LogP contribution is -2.50. The van der Waals surface area contributed by atoms with E-state index in [0.29, 0.717) is 0 Å². The number of nitro groups is 1. The second-order valence-electron chi connectivity index (χ2n) is 9.56. The maximum absolute atomic E-state index is 13.2. The minimum atomic E-state index is -1.26. The minimum Gasteiger partial charge on any atom is -0.444 e. The first-order valence-corrected chi connectivity index (χ1v) is 11.9. The van der Waals surface area contributed by atoms with E-state index < -0.39 is 52.7 Å². The van der Waals surface area contributed by atoms with Crippen LogP contribution in [0.3, 0.4) is 0 Å². The molecule has 0 aromatic heterocycles. The van der Waals surface area contributed by atoms with Crippen LogP contribution < -0.4 is 10.6 Å². The molecule has 0 radical (unpaired) electrons. The van der Waals surface area contributed by atoms with E-state index >= 15 is 0 Å². The summed E-state index contributed by atoms with van der Waals surface area (Å²) in [5, 5.41) is 16.0. The van der Waals surface area contributed by atoms with Crippen LogP contribution in [0.25, 0.3) is 0 Å². The highest BCUT2D eigenvalue weighted by molar-refractivity contribution is 6.22. The molecule has 2 N–H and O–H groups in total. The molecular formula is C26H28N4O8. The number of fused-ring (bicyclic) bond motifs is 1. The van der Waals surface area contributed by atoms with Crippen LogP contribution in [0.15, 0.2) is 48.5 Å². The van der Waals surface area contributed by atoms with Crippen LogP contribution in [0.2, 0.25) is 0 Å². The maximum atomic E-state index is 13.2. The summed E-state index contributed by atoms with van der Waals surface area (Å²) in [4.78, 5) is 74.9. The molecule has 1 aliphatic rings. The van der Waals surface area contributed by atoms with Gasteiger partial charge in [-0.2, -0.15) is 0 Å². The van der Waals surface area contributed by atoms with Crippen LogP contribution in [0.4, 0.5) is 10.5 Å². The average molecular weight is 525 g/mol. The Bertz CT molecular complexity index is 1250. The Kier molecular flexibility index (Phi) is 8.56. The standard InChI is InChI=1S/C26H28N4O8/c1-26(2,3)38-25(35)27-13-7-12-20(29-23(33)18-10-4-5-11-19(18)24(29)34)22(32)28-15-21(31)16-8-6-9-17(14-16)30(36)37/h4-6,8-11,14,20H,7,12-13,15H2,1-3H3,(H,27,35)(H,28,32)/t20-/m0/s1. The smallest absolute Gasteiger partial charge is 0.407 e. The highest BCUT2D eigenvalue weighted by Gasteiger charge is 2.42. The van der Waals surface area contributed by atoms with Crippen molar-refractivity contribution >= 4 is 35.3 Å². The number of rotatable bonds is 10. The van der Waals surface area contributed by atoms with Crippen LogP contribution >= 0.6 is 0 Å². The van der Waals surface area contributed by atoms with Crippen molar-refractivity contribution in [3.63, 3.8) is 0 Å². The van der Waals surface area contributed by atoms with Crippen molar-refractivity contribution in [2.24, 2.45) is 0 Å². The largest absolute Gasteiger partial charge is 0.444 e. The Morgan fingerprint density at radius 3 is 2.21 bits per heavy atom. The van der Waals surface area contributed by atoms with Crippen LogP contribution in [0, 0.1) is 10.1 Å². The van der Waals surface area contributed by atoms with Gasteiger partial charge in [-0.05, 0) is 45.7 Å². The molecule has 12 heteroatoms. The lowest BCUT2D eigenvalue weighted by Gasteiger charge is -2.25. The molecule has 200 valence electrons. The van der Waals surface area contributed by atoms with Gasteiger partial charge in [-0.15, -0.1) is 0 Å². The zero-order valence-corrected chi connectivity index (χ0v) is 21.2. The van der Waals surface area contributed by atoms with E-state index in [4.69, 9.17) is 4.74 Å². The molecule has 1 heterocycles. The summed E-state index contributed by atoms with van der Waals surface area (Å²) in [5.41, 5.74) is -0.620. The topological polar surface area (TPSA) is 165 Å². The van der Waals surface area contributed by atoms with Crippen LogP contribution in [-0.4, -0.2) is 64.2 Å². The number of hydrogen-bond acceptors (Lipinski definition) is 8. The maximum Gasteiger partial charge on any atom is 0.407 e. The summed E-state index contributed by atoms with van der Waals surface area (Å²) < 4.78 is 5.17. The third kappa shape index (κ3) is 6.78. The van der Waals surface area contributed by atoms with Crippen molar-refractivity contribution in [3.8, 4) is 0 Å². The number of carbonyl (C=O) groups is 5. The molecule has 0 fully saturated rings. The van der Waals surface area contributed by atoms with Gasteiger partial charge in [0.2, 0.25) is 5.91 Å². The van der Waals surface area contributed by atoms with Gasteiger partial charge in [0.05, 0.1) is 22.6 Å². The molecule has 0 spiro atoms. The van der Waals surface area contributed by atoms with E-state index in [1.54, 1.807) is 32.9 Å². The van der Waals surface area contributed by atoms with Crippen molar-refractivity contribution in [2.45, 2.75) is 45.3 Å². The summed E-state index contributed by atoms with van der Waals surface area (Å²) in [6.45, 7) is 4.74. The van der Waals surface area contributed by atoms with E-state index in [1.807, 2.05) is 0 Å². The first-order chi connectivity index (χ1) is 17.9. The molecule has 1 aliphatic heterocycles. The Balaban J connectivity index is 1.71. The molecule has 0 unspecified atom stereocenters. The summed E-state index contributed by atoms with van der Waals surface area (Å²) >= 11 is 0. The first-order valence-electron chi connectivity index (χ1n) is 11.9. The Morgan fingerprint density at radius 2 is 1.63 bits per heavy atom. The molecule has 38 heavy (non-hydrogen) atoms. The second-order valence-corrected chi connectivity index (χ2v) is 9.56. The van der Waals surface area contributed by atoms with E-state index in [2.05, 4.69) is 10.6 Å². The monoisotopic (exact) mass is 524 g/mol. The van der Waals surface area contributed by atoms with E-state index in [1.165, 1.54) is 30.3 Å². The third-order valence-corrected chi connectivity index (χ3v) is 5.56. The van der Waals surface area contributed by atoms with Gasteiger partial charge < -0.3 is 15.4 Å². The lowest BCUT2D eigenvalue weighted by atomic mass is 10.1. The summed E-state index contributed by atoms with van der Waals surface area (Å²) in [6, 6.07) is 9.98. The van der Waals surface area contributed by atoms with Crippen LogP contribution in [-0.2, 0) is 9.53 Å². The molecule has 0 saturated carbocycles. The van der Waals surface area contributed by atoms with E-state index in [9.17, 15) is 34.1 Å². The molecule has 12 nitrogen and oxygen atoms in total. The van der Waals surface area contributed by atoms with Gasteiger partial charge in [0.1, 0.15) is 11.6 Å². The van der Waals surface area contributed by atoms with Crippen molar-refractivity contribution in [1.29, 1.82) is 0 Å². The number of amides is 4. The zero-order valence-electron chi connectivity index (χ0n) is 21.2. The molecule has 0 aliphatic carbocycles. The number of hydrogen-bond donors (Lipinski definition) is 2. The summed E-state index contributed by atoms with van der Waals surface area (Å²) in [5.74, 6) is -2.63. The fraction of sp³-hybridized carbons (Fsp3) is 0.346. The van der Waals surface area contributed by atoms with E-state index in [-0.39, 0.29) is 41.8 Å². The Morgan fingerprint density at radius 1 is 1.00 bits per heavy atom. The fourth-order valence-corrected chi connectivity index (χ4v) is 3.85. The number of nitrogens with one attached hydrogen (secondary N) is 2. The summed E-state index contributed by atoms with van der Waals surface area (Å²) in [7, 11) is 0. The Labute approximate surface area is 218 Å². The number of nitrogens with zero attached hydrogens (tertiary/aromatic N) is 2. The van der Waals surface area contributed by atoms with Crippen molar-refractivity contribution < 1.29 is 33.6 Å². The number of ketones is 1. The highest BCUT2D eigenvalue weighted by atomic mass is 16.6. The second kappa shape index (κ2) is 11.6. The van der Waals surface area contributed by atoms with Gasteiger partial charge in [-0.3, -0.25) is 34.2 Å². The zero-order chi connectivity index (χ0) is 28.0. The molecule has 4 amide bonds. The first kappa shape index (κ1) is 28.0. The normalized spacial score (nSPS) is 13.5. The van der Waals surface area contributed by atoms with Crippen LogP contribution in [0.5, 0.6) is 0 Å². The molecular weight excluding hydrogens is 496 g/mol. The fourth-order valence-electron chi connectivity index (χ4n) is 3.85. The third-order valence-electron chi connectivity index (χ3n) is 5.56. The quantitative estimate of drug-likeness (QED) is 0.157. The van der Waals surface area contributed by atoms with Crippen molar-refractivity contribution in [3.05, 3.63) is 75.3 Å². The molecule has 0 saturated heterocycles. The molecule has 0 bridgehead atoms. The summed E-state index contributed by atoms with van der Waals surface area (Å²) in [6.07, 6.45) is -0.441. The van der Waals surface area contributed by atoms with Gasteiger partial charge in [0.25, 0.3) is 17.5 Å².